The van der Waals surface area contributed by atoms with Crippen molar-refractivity contribution < 1.29 is 9.21 Å². The Bertz CT molecular complexity index is 676. The van der Waals surface area contributed by atoms with Gasteiger partial charge in [0.05, 0.1) is 12.1 Å². The van der Waals surface area contributed by atoms with E-state index in [4.69, 9.17) is 4.42 Å². The standard InChI is InChI=1S/C16H19N3O2/c1-10(2)15-18-13-9-19(5-4-14(13)21-15)16(20)12-6-11(3)7-17-8-12/h6-8,10H,4-5,9H2,1-3H3. The Morgan fingerprint density at radius 2 is 2.19 bits per heavy atom. The molecule has 5 heteroatoms. The Balaban J connectivity index is 1.81. The Kier molecular flexibility index (Phi) is 3.49. The largest absolute Gasteiger partial charge is 0.445 e. The molecule has 0 bridgehead atoms. The van der Waals surface area contributed by atoms with Crippen LogP contribution in [-0.4, -0.2) is 27.3 Å². The number of hydrogen-bond acceptors (Lipinski definition) is 4. The van der Waals surface area contributed by atoms with Gasteiger partial charge in [0.25, 0.3) is 5.91 Å². The van der Waals surface area contributed by atoms with Gasteiger partial charge in [-0.3, -0.25) is 9.78 Å². The summed E-state index contributed by atoms with van der Waals surface area (Å²) in [4.78, 5) is 22.9. The van der Waals surface area contributed by atoms with Gasteiger partial charge in [-0.2, -0.15) is 0 Å². The Labute approximate surface area is 124 Å². The lowest BCUT2D eigenvalue weighted by molar-refractivity contribution is 0.0727. The third-order valence-corrected chi connectivity index (χ3v) is 3.65. The van der Waals surface area contributed by atoms with Gasteiger partial charge < -0.3 is 9.32 Å². The first-order chi connectivity index (χ1) is 10.0. The molecule has 0 unspecified atom stereocenters. The maximum Gasteiger partial charge on any atom is 0.255 e. The fraction of sp³-hybridized carbons (Fsp3) is 0.438. The molecule has 1 aliphatic heterocycles. The normalized spacial score (nSPS) is 14.4. The summed E-state index contributed by atoms with van der Waals surface area (Å²) in [7, 11) is 0. The quantitative estimate of drug-likeness (QED) is 0.851. The smallest absolute Gasteiger partial charge is 0.255 e. The number of hydrogen-bond donors (Lipinski definition) is 0. The lowest BCUT2D eigenvalue weighted by Crippen LogP contribution is -2.35. The molecule has 0 fully saturated rings. The molecule has 0 atom stereocenters. The van der Waals surface area contributed by atoms with Crippen LogP contribution in [0.3, 0.4) is 0 Å². The number of nitrogens with zero attached hydrogens (tertiary/aromatic N) is 3. The average Bonchev–Trinajstić information content (AvgIpc) is 2.89. The van der Waals surface area contributed by atoms with Crippen LogP contribution in [-0.2, 0) is 13.0 Å². The zero-order valence-corrected chi connectivity index (χ0v) is 12.6. The summed E-state index contributed by atoms with van der Waals surface area (Å²) in [6.07, 6.45) is 4.09. The van der Waals surface area contributed by atoms with Gasteiger partial charge in [0, 0.05) is 31.3 Å². The minimum absolute atomic E-state index is 0.00551. The van der Waals surface area contributed by atoms with Gasteiger partial charge in [0.15, 0.2) is 5.89 Å². The van der Waals surface area contributed by atoms with Crippen LogP contribution in [0, 0.1) is 6.92 Å². The van der Waals surface area contributed by atoms with Gasteiger partial charge in [0.1, 0.15) is 11.5 Å². The van der Waals surface area contributed by atoms with Gasteiger partial charge in [-0.15, -0.1) is 0 Å². The van der Waals surface area contributed by atoms with Crippen molar-refractivity contribution in [3.05, 3.63) is 46.9 Å². The molecule has 110 valence electrons. The number of amides is 1. The molecule has 1 amide bonds. The van der Waals surface area contributed by atoms with Gasteiger partial charge >= 0.3 is 0 Å². The fourth-order valence-corrected chi connectivity index (χ4v) is 2.49. The third-order valence-electron chi connectivity index (χ3n) is 3.65. The molecule has 2 aromatic rings. The van der Waals surface area contributed by atoms with Crippen molar-refractivity contribution in [2.75, 3.05) is 6.54 Å². The van der Waals surface area contributed by atoms with Crippen LogP contribution in [0.25, 0.3) is 0 Å². The van der Waals surface area contributed by atoms with Crippen molar-refractivity contribution in [3.63, 3.8) is 0 Å². The molecular weight excluding hydrogens is 266 g/mol. The summed E-state index contributed by atoms with van der Waals surface area (Å²) in [6, 6.07) is 1.87. The van der Waals surface area contributed by atoms with Gasteiger partial charge in [-0.25, -0.2) is 4.98 Å². The van der Waals surface area contributed by atoms with Crippen molar-refractivity contribution in [1.82, 2.24) is 14.9 Å². The average molecular weight is 285 g/mol. The molecule has 0 aliphatic carbocycles. The highest BCUT2D eigenvalue weighted by atomic mass is 16.4. The number of rotatable bonds is 2. The van der Waals surface area contributed by atoms with Gasteiger partial charge in [-0.05, 0) is 18.6 Å². The summed E-state index contributed by atoms with van der Waals surface area (Å²) in [6.45, 7) is 7.21. The zero-order chi connectivity index (χ0) is 15.0. The van der Waals surface area contributed by atoms with Crippen LogP contribution in [0.4, 0.5) is 0 Å². The Morgan fingerprint density at radius 3 is 2.90 bits per heavy atom. The molecule has 21 heavy (non-hydrogen) atoms. The van der Waals surface area contributed by atoms with E-state index in [1.165, 1.54) is 0 Å². The summed E-state index contributed by atoms with van der Waals surface area (Å²) in [5.74, 6) is 1.95. The third kappa shape index (κ3) is 2.68. The summed E-state index contributed by atoms with van der Waals surface area (Å²) in [5, 5.41) is 0. The topological polar surface area (TPSA) is 59.2 Å². The first-order valence-corrected chi connectivity index (χ1v) is 7.24. The molecule has 0 aromatic carbocycles. The van der Waals surface area contributed by atoms with Crippen molar-refractivity contribution in [3.8, 4) is 0 Å². The molecule has 1 aliphatic rings. The molecule has 0 saturated heterocycles. The second kappa shape index (κ2) is 5.31. The molecule has 0 saturated carbocycles. The van der Waals surface area contributed by atoms with E-state index in [9.17, 15) is 4.79 Å². The molecule has 3 heterocycles. The monoisotopic (exact) mass is 285 g/mol. The minimum Gasteiger partial charge on any atom is -0.445 e. The molecular formula is C16H19N3O2. The van der Waals surface area contributed by atoms with E-state index in [1.807, 2.05) is 17.9 Å². The SMILES string of the molecule is Cc1cncc(C(=O)N2CCc3oc(C(C)C)nc3C2)c1. The number of aryl methyl sites for hydroxylation is 1. The number of pyridine rings is 1. The molecule has 2 aromatic heterocycles. The van der Waals surface area contributed by atoms with Crippen molar-refractivity contribution in [1.29, 1.82) is 0 Å². The minimum atomic E-state index is 0.00551. The molecule has 3 rings (SSSR count). The van der Waals surface area contributed by atoms with E-state index >= 15 is 0 Å². The first kappa shape index (κ1) is 13.8. The molecule has 5 nitrogen and oxygen atoms in total. The van der Waals surface area contributed by atoms with Crippen LogP contribution in [0.2, 0.25) is 0 Å². The lowest BCUT2D eigenvalue weighted by atomic mass is 10.1. The van der Waals surface area contributed by atoms with E-state index < -0.39 is 0 Å². The van der Waals surface area contributed by atoms with E-state index in [0.29, 0.717) is 18.7 Å². The second-order valence-corrected chi connectivity index (χ2v) is 5.80. The summed E-state index contributed by atoms with van der Waals surface area (Å²) >= 11 is 0. The summed E-state index contributed by atoms with van der Waals surface area (Å²) in [5.41, 5.74) is 2.51. The highest BCUT2D eigenvalue weighted by Crippen LogP contribution is 2.24. The highest BCUT2D eigenvalue weighted by molar-refractivity contribution is 5.94. The fourth-order valence-electron chi connectivity index (χ4n) is 2.49. The lowest BCUT2D eigenvalue weighted by Gasteiger charge is -2.25. The summed E-state index contributed by atoms with van der Waals surface area (Å²) < 4.78 is 5.76. The Hall–Kier alpha value is -2.17. The van der Waals surface area contributed by atoms with Crippen molar-refractivity contribution in [2.45, 2.75) is 39.7 Å². The predicted molar refractivity (Wildman–Crippen MR) is 78.0 cm³/mol. The maximum absolute atomic E-state index is 12.5. The van der Waals surface area contributed by atoms with Crippen LogP contribution < -0.4 is 0 Å². The van der Waals surface area contributed by atoms with Gasteiger partial charge in [0.2, 0.25) is 0 Å². The van der Waals surface area contributed by atoms with Crippen LogP contribution in [0.5, 0.6) is 0 Å². The van der Waals surface area contributed by atoms with Gasteiger partial charge in [-0.1, -0.05) is 13.8 Å². The molecule has 0 N–H and O–H groups in total. The number of fused-ring (bicyclic) bond motifs is 1. The number of aromatic nitrogens is 2. The number of carbonyl (C=O) groups is 1. The predicted octanol–water partition coefficient (Wildman–Crippen LogP) is 2.70. The first-order valence-electron chi connectivity index (χ1n) is 7.24. The maximum atomic E-state index is 12.5. The van der Waals surface area contributed by atoms with E-state index in [0.717, 1.165) is 29.3 Å². The Morgan fingerprint density at radius 1 is 1.38 bits per heavy atom. The second-order valence-electron chi connectivity index (χ2n) is 5.80. The highest BCUT2D eigenvalue weighted by Gasteiger charge is 2.26. The van der Waals surface area contributed by atoms with E-state index in [-0.39, 0.29) is 11.8 Å². The molecule has 0 radical (unpaired) electrons. The van der Waals surface area contributed by atoms with E-state index in [1.54, 1.807) is 12.4 Å². The zero-order valence-electron chi connectivity index (χ0n) is 12.6. The van der Waals surface area contributed by atoms with Crippen molar-refractivity contribution >= 4 is 5.91 Å². The van der Waals surface area contributed by atoms with Crippen LogP contribution >= 0.6 is 0 Å². The van der Waals surface area contributed by atoms with E-state index in [2.05, 4.69) is 23.8 Å². The van der Waals surface area contributed by atoms with Crippen molar-refractivity contribution in [2.24, 2.45) is 0 Å². The van der Waals surface area contributed by atoms with Crippen LogP contribution in [0.1, 0.15) is 53.0 Å². The number of carbonyl (C=O) groups excluding carboxylic acids is 1. The molecule has 0 spiro atoms. The number of oxazole rings is 1. The van der Waals surface area contributed by atoms with Crippen LogP contribution in [0.15, 0.2) is 22.9 Å².